The van der Waals surface area contributed by atoms with Gasteiger partial charge in [-0.05, 0) is 44.5 Å². The Morgan fingerprint density at radius 2 is 1.76 bits per heavy atom. The number of hydrogen-bond donors (Lipinski definition) is 2. The molecule has 0 saturated heterocycles. The average Bonchev–Trinajstić information content (AvgIpc) is 3.23. The topological polar surface area (TPSA) is 76.4 Å². The van der Waals surface area contributed by atoms with Crippen molar-refractivity contribution in [3.05, 3.63) is 72.3 Å². The summed E-state index contributed by atoms with van der Waals surface area (Å²) in [6.45, 7) is 7.43. The van der Waals surface area contributed by atoms with Crippen LogP contribution >= 0.6 is 0 Å². The summed E-state index contributed by atoms with van der Waals surface area (Å²) in [6, 6.07) is 16.2. The van der Waals surface area contributed by atoms with Crippen molar-refractivity contribution in [3.63, 3.8) is 0 Å². The van der Waals surface area contributed by atoms with Crippen LogP contribution in [-0.4, -0.2) is 33.4 Å². The Morgan fingerprint density at radius 3 is 2.41 bits per heavy atom. The molecular weight excluding hydrogens is 364 g/mol. The maximum atomic E-state index is 6.06. The zero-order valence-corrected chi connectivity index (χ0v) is 17.4. The normalized spacial score (nSPS) is 11.9. The Bertz CT molecular complexity index is 927. The van der Waals surface area contributed by atoms with Crippen LogP contribution in [0.15, 0.2) is 66.2 Å². The van der Waals surface area contributed by atoms with Gasteiger partial charge in [-0.2, -0.15) is 5.10 Å². The van der Waals surface area contributed by atoms with Crippen LogP contribution in [-0.2, 0) is 13.1 Å². The molecule has 152 valence electrons. The Hall–Kier alpha value is -3.35. The summed E-state index contributed by atoms with van der Waals surface area (Å²) in [5.41, 5.74) is 2.97. The molecule has 0 radical (unpaired) electrons. The monoisotopic (exact) mass is 392 g/mol. The molecule has 3 rings (SSSR count). The second-order valence-corrected chi connectivity index (χ2v) is 7.61. The number of ether oxygens (including phenoxy) is 1. The number of hydrogen-bond acceptors (Lipinski definition) is 4. The summed E-state index contributed by atoms with van der Waals surface area (Å²) < 4.78 is 7.79. The minimum atomic E-state index is -0.242. The third kappa shape index (κ3) is 6.07. The molecule has 0 saturated carbocycles. The van der Waals surface area contributed by atoms with E-state index in [4.69, 9.17) is 4.74 Å². The molecule has 0 bridgehead atoms. The Morgan fingerprint density at radius 1 is 1.03 bits per heavy atom. The lowest BCUT2D eigenvalue weighted by molar-refractivity contribution is 0.129. The quantitative estimate of drug-likeness (QED) is 0.497. The van der Waals surface area contributed by atoms with Gasteiger partial charge >= 0.3 is 0 Å². The molecule has 0 spiro atoms. The van der Waals surface area contributed by atoms with E-state index in [1.165, 1.54) is 6.33 Å². The Labute approximate surface area is 171 Å². The molecule has 1 aromatic heterocycles. The molecule has 0 aliphatic carbocycles. The van der Waals surface area contributed by atoms with Crippen LogP contribution in [0.5, 0.6) is 5.75 Å². The van der Waals surface area contributed by atoms with Crippen LogP contribution in [0.25, 0.3) is 5.69 Å². The summed E-state index contributed by atoms with van der Waals surface area (Å²) in [6.07, 6.45) is 3.20. The van der Waals surface area contributed by atoms with Gasteiger partial charge in [0.25, 0.3) is 0 Å². The molecule has 0 aliphatic heterocycles. The Kier molecular flexibility index (Phi) is 6.49. The zero-order chi connectivity index (χ0) is 20.7. The molecule has 1 heterocycles. The first-order chi connectivity index (χ1) is 13.9. The summed E-state index contributed by atoms with van der Waals surface area (Å²) in [5.74, 6) is 1.61. The molecule has 0 fully saturated rings. The van der Waals surface area contributed by atoms with Crippen molar-refractivity contribution in [1.82, 2.24) is 25.4 Å². The van der Waals surface area contributed by atoms with Gasteiger partial charge in [-0.1, -0.05) is 30.3 Å². The molecule has 0 aliphatic rings. The summed E-state index contributed by atoms with van der Waals surface area (Å²) in [5, 5.41) is 10.8. The van der Waals surface area contributed by atoms with E-state index in [9.17, 15) is 0 Å². The fourth-order valence-corrected chi connectivity index (χ4v) is 2.77. The number of nitrogens with one attached hydrogen (secondary N) is 2. The highest BCUT2D eigenvalue weighted by molar-refractivity contribution is 5.79. The lowest BCUT2D eigenvalue weighted by Gasteiger charge is -2.23. The predicted octanol–water partition coefficient (Wildman–Crippen LogP) is 3.31. The van der Waals surface area contributed by atoms with E-state index in [-0.39, 0.29) is 5.60 Å². The number of guanidine groups is 1. The number of aliphatic imine (C=N–C) groups is 1. The van der Waals surface area contributed by atoms with E-state index >= 15 is 0 Å². The molecular formula is C22H28N6O. The van der Waals surface area contributed by atoms with E-state index in [1.807, 2.05) is 51.1 Å². The fourth-order valence-electron chi connectivity index (χ4n) is 2.77. The third-order valence-electron chi connectivity index (χ3n) is 4.14. The third-order valence-corrected chi connectivity index (χ3v) is 4.14. The minimum absolute atomic E-state index is 0.242. The summed E-state index contributed by atoms with van der Waals surface area (Å²) >= 11 is 0. The van der Waals surface area contributed by atoms with Crippen LogP contribution in [0.2, 0.25) is 0 Å². The van der Waals surface area contributed by atoms with Crippen molar-refractivity contribution in [1.29, 1.82) is 0 Å². The lowest BCUT2D eigenvalue weighted by atomic mass is 10.1. The van der Waals surface area contributed by atoms with E-state index < -0.39 is 0 Å². The average molecular weight is 393 g/mol. The standard InChI is InChI=1S/C22H28N6O/c1-22(2,3)29-20-8-6-5-7-18(20)14-26-21(23-4)25-13-17-9-11-19(12-10-17)28-16-24-15-27-28/h5-12,15-16H,13-14H2,1-4H3,(H2,23,25,26). The highest BCUT2D eigenvalue weighted by atomic mass is 16.5. The lowest BCUT2D eigenvalue weighted by Crippen LogP contribution is -2.36. The molecule has 0 unspecified atom stereocenters. The smallest absolute Gasteiger partial charge is 0.191 e. The van der Waals surface area contributed by atoms with Gasteiger partial charge in [0.05, 0.1) is 5.69 Å². The van der Waals surface area contributed by atoms with Gasteiger partial charge in [-0.25, -0.2) is 9.67 Å². The van der Waals surface area contributed by atoms with Crippen molar-refractivity contribution < 1.29 is 4.74 Å². The van der Waals surface area contributed by atoms with Gasteiger partial charge in [0, 0.05) is 25.7 Å². The SMILES string of the molecule is CN=C(NCc1ccc(-n2cncn2)cc1)NCc1ccccc1OC(C)(C)C. The predicted molar refractivity (Wildman–Crippen MR) is 115 cm³/mol. The number of benzene rings is 2. The van der Waals surface area contributed by atoms with Crippen molar-refractivity contribution in [2.75, 3.05) is 7.05 Å². The molecule has 2 N–H and O–H groups in total. The van der Waals surface area contributed by atoms with Gasteiger partial charge in [0.2, 0.25) is 0 Å². The second-order valence-electron chi connectivity index (χ2n) is 7.61. The van der Waals surface area contributed by atoms with Crippen LogP contribution in [0.3, 0.4) is 0 Å². The summed E-state index contributed by atoms with van der Waals surface area (Å²) in [7, 11) is 1.76. The number of nitrogens with zero attached hydrogens (tertiary/aromatic N) is 4. The largest absolute Gasteiger partial charge is 0.488 e. The zero-order valence-electron chi connectivity index (χ0n) is 17.4. The first-order valence-electron chi connectivity index (χ1n) is 9.60. The summed E-state index contributed by atoms with van der Waals surface area (Å²) in [4.78, 5) is 8.28. The molecule has 0 atom stereocenters. The van der Waals surface area contributed by atoms with Crippen molar-refractivity contribution in [3.8, 4) is 11.4 Å². The van der Waals surface area contributed by atoms with Gasteiger partial charge in [0.15, 0.2) is 5.96 Å². The maximum absolute atomic E-state index is 6.06. The number of para-hydroxylation sites is 1. The van der Waals surface area contributed by atoms with E-state index in [2.05, 4.69) is 43.9 Å². The first-order valence-corrected chi connectivity index (χ1v) is 9.60. The van der Waals surface area contributed by atoms with E-state index in [1.54, 1.807) is 18.1 Å². The Balaban J connectivity index is 1.55. The molecule has 7 heteroatoms. The van der Waals surface area contributed by atoms with Gasteiger partial charge < -0.3 is 15.4 Å². The minimum Gasteiger partial charge on any atom is -0.488 e. The van der Waals surface area contributed by atoms with Crippen LogP contribution < -0.4 is 15.4 Å². The van der Waals surface area contributed by atoms with Crippen molar-refractivity contribution >= 4 is 5.96 Å². The highest BCUT2D eigenvalue weighted by Crippen LogP contribution is 2.22. The van der Waals surface area contributed by atoms with Gasteiger partial charge in [0.1, 0.15) is 24.0 Å². The maximum Gasteiger partial charge on any atom is 0.191 e. The second kappa shape index (κ2) is 9.23. The molecule has 29 heavy (non-hydrogen) atoms. The molecule has 2 aromatic carbocycles. The molecule has 7 nitrogen and oxygen atoms in total. The van der Waals surface area contributed by atoms with Crippen molar-refractivity contribution in [2.24, 2.45) is 4.99 Å². The fraction of sp³-hybridized carbons (Fsp3) is 0.318. The van der Waals surface area contributed by atoms with E-state index in [0.717, 1.165) is 28.5 Å². The van der Waals surface area contributed by atoms with Crippen LogP contribution in [0, 0.1) is 0 Å². The molecule has 3 aromatic rings. The highest BCUT2D eigenvalue weighted by Gasteiger charge is 2.14. The van der Waals surface area contributed by atoms with Gasteiger partial charge in [-0.3, -0.25) is 4.99 Å². The van der Waals surface area contributed by atoms with Crippen molar-refractivity contribution in [2.45, 2.75) is 39.5 Å². The molecule has 0 amide bonds. The number of rotatable bonds is 6. The van der Waals surface area contributed by atoms with Crippen LogP contribution in [0.1, 0.15) is 31.9 Å². The number of aromatic nitrogens is 3. The van der Waals surface area contributed by atoms with E-state index in [0.29, 0.717) is 13.1 Å². The van der Waals surface area contributed by atoms with Crippen LogP contribution in [0.4, 0.5) is 0 Å². The first kappa shape index (κ1) is 20.4. The van der Waals surface area contributed by atoms with Gasteiger partial charge in [-0.15, -0.1) is 0 Å².